The maximum atomic E-state index is 12.5. The number of nitrogens with zero attached hydrogens (tertiary/aromatic N) is 2. The maximum Gasteiger partial charge on any atom is 0.223 e. The van der Waals surface area contributed by atoms with Gasteiger partial charge in [0, 0.05) is 51.1 Å². The van der Waals surface area contributed by atoms with Crippen molar-refractivity contribution in [3.63, 3.8) is 0 Å². The van der Waals surface area contributed by atoms with Crippen LogP contribution in [0.5, 0.6) is 5.75 Å². The van der Waals surface area contributed by atoms with Crippen LogP contribution in [0.4, 0.5) is 0 Å². The summed E-state index contributed by atoms with van der Waals surface area (Å²) in [5, 5.41) is 0. The van der Waals surface area contributed by atoms with Gasteiger partial charge in [-0.3, -0.25) is 14.5 Å². The second-order valence-electron chi connectivity index (χ2n) is 7.15. The summed E-state index contributed by atoms with van der Waals surface area (Å²) >= 11 is 0. The summed E-state index contributed by atoms with van der Waals surface area (Å²) in [6, 6.07) is 17.3. The summed E-state index contributed by atoms with van der Waals surface area (Å²) in [7, 11) is 1.57. The molecule has 1 heterocycles. The van der Waals surface area contributed by atoms with E-state index >= 15 is 0 Å². The predicted molar refractivity (Wildman–Crippen MR) is 115 cm³/mol. The van der Waals surface area contributed by atoms with Crippen molar-refractivity contribution in [2.24, 2.45) is 0 Å². The molecule has 1 saturated heterocycles. The van der Waals surface area contributed by atoms with Crippen molar-refractivity contribution in [1.29, 1.82) is 0 Å². The third-order valence-electron chi connectivity index (χ3n) is 5.16. The molecule has 0 saturated carbocycles. The molecule has 0 aliphatic carbocycles. The number of hydrogen-bond acceptors (Lipinski definition) is 4. The number of ketones is 1. The summed E-state index contributed by atoms with van der Waals surface area (Å²) in [5.74, 6) is 0.683. The molecule has 1 aliphatic heterocycles. The monoisotopic (exact) mass is 392 g/mol. The van der Waals surface area contributed by atoms with Gasteiger partial charge in [0.1, 0.15) is 5.75 Å². The van der Waals surface area contributed by atoms with Crippen LogP contribution in [0.15, 0.2) is 60.7 Å². The molecule has 0 atom stereocenters. The van der Waals surface area contributed by atoms with E-state index in [-0.39, 0.29) is 24.5 Å². The fourth-order valence-corrected chi connectivity index (χ4v) is 3.40. The van der Waals surface area contributed by atoms with Crippen LogP contribution in [0.25, 0.3) is 6.08 Å². The third kappa shape index (κ3) is 6.29. The highest BCUT2D eigenvalue weighted by Gasteiger charge is 2.21. The van der Waals surface area contributed by atoms with Gasteiger partial charge in [-0.15, -0.1) is 0 Å². The van der Waals surface area contributed by atoms with Crippen LogP contribution in [-0.4, -0.2) is 61.3 Å². The summed E-state index contributed by atoms with van der Waals surface area (Å²) in [6.45, 7) is 4.02. The van der Waals surface area contributed by atoms with Crippen LogP contribution in [0.1, 0.15) is 28.8 Å². The van der Waals surface area contributed by atoms with Crippen LogP contribution in [-0.2, 0) is 4.79 Å². The maximum absolute atomic E-state index is 12.5. The largest absolute Gasteiger partial charge is 0.497 e. The van der Waals surface area contributed by atoms with Crippen molar-refractivity contribution < 1.29 is 14.3 Å². The van der Waals surface area contributed by atoms with Gasteiger partial charge in [0.25, 0.3) is 0 Å². The molecule has 1 amide bonds. The topological polar surface area (TPSA) is 49.9 Å². The van der Waals surface area contributed by atoms with Gasteiger partial charge < -0.3 is 9.64 Å². The first-order valence-corrected chi connectivity index (χ1v) is 10.0. The fourth-order valence-electron chi connectivity index (χ4n) is 3.40. The Labute approximate surface area is 172 Å². The third-order valence-corrected chi connectivity index (χ3v) is 5.16. The Morgan fingerprint density at radius 2 is 1.72 bits per heavy atom. The van der Waals surface area contributed by atoms with Crippen molar-refractivity contribution >= 4 is 17.8 Å². The summed E-state index contributed by atoms with van der Waals surface area (Å²) < 4.78 is 5.15. The van der Waals surface area contributed by atoms with Crippen LogP contribution in [0.3, 0.4) is 0 Å². The number of piperazine rings is 1. The minimum absolute atomic E-state index is 0.0260. The lowest BCUT2D eigenvalue weighted by molar-refractivity contribution is -0.132. The number of hydrogen-bond donors (Lipinski definition) is 0. The molecule has 0 spiro atoms. The van der Waals surface area contributed by atoms with E-state index in [2.05, 4.69) is 29.2 Å². The normalized spacial score (nSPS) is 14.9. The number of amides is 1. The molecule has 0 radical (unpaired) electrons. The molecule has 0 unspecified atom stereocenters. The number of carbonyl (C=O) groups excluding carboxylic acids is 2. The first kappa shape index (κ1) is 20.8. The van der Waals surface area contributed by atoms with Crippen LogP contribution in [0, 0.1) is 0 Å². The number of carbonyl (C=O) groups is 2. The second kappa shape index (κ2) is 10.6. The molecule has 0 N–H and O–H groups in total. The number of Topliss-reactive ketones (excluding diaryl/α,β-unsaturated/α-hetero) is 1. The molecule has 29 heavy (non-hydrogen) atoms. The van der Waals surface area contributed by atoms with Crippen LogP contribution < -0.4 is 4.74 Å². The lowest BCUT2D eigenvalue weighted by atomic mass is 10.1. The van der Waals surface area contributed by atoms with E-state index in [4.69, 9.17) is 4.74 Å². The highest BCUT2D eigenvalue weighted by Crippen LogP contribution is 2.15. The van der Waals surface area contributed by atoms with Gasteiger partial charge in [0.2, 0.25) is 5.91 Å². The standard InChI is InChI=1S/C24H28N2O3/c1-29-22-11-5-10-21(19-22)23(27)12-13-24(28)26-17-15-25(16-18-26)14-6-9-20-7-3-2-4-8-20/h2-11,19H,12-18H2,1H3/b9-6+. The average Bonchev–Trinajstić information content (AvgIpc) is 2.78. The molecule has 2 aromatic carbocycles. The van der Waals surface area contributed by atoms with Crippen LogP contribution >= 0.6 is 0 Å². The average molecular weight is 392 g/mol. The quantitative estimate of drug-likeness (QED) is 0.645. The number of benzene rings is 2. The van der Waals surface area contributed by atoms with Gasteiger partial charge in [0.05, 0.1) is 7.11 Å². The molecule has 0 aromatic heterocycles. The Kier molecular flexibility index (Phi) is 7.59. The highest BCUT2D eigenvalue weighted by atomic mass is 16.5. The Morgan fingerprint density at radius 3 is 2.45 bits per heavy atom. The summed E-state index contributed by atoms with van der Waals surface area (Å²) in [5.41, 5.74) is 1.79. The Morgan fingerprint density at radius 1 is 0.966 bits per heavy atom. The van der Waals surface area contributed by atoms with Crippen molar-refractivity contribution in [1.82, 2.24) is 9.80 Å². The molecule has 5 heteroatoms. The van der Waals surface area contributed by atoms with Gasteiger partial charge in [-0.05, 0) is 17.7 Å². The van der Waals surface area contributed by atoms with Crippen molar-refractivity contribution in [2.45, 2.75) is 12.8 Å². The van der Waals surface area contributed by atoms with Crippen molar-refractivity contribution in [3.05, 3.63) is 71.8 Å². The molecular weight excluding hydrogens is 364 g/mol. The fraction of sp³-hybridized carbons (Fsp3) is 0.333. The molecule has 5 nitrogen and oxygen atoms in total. The molecular formula is C24H28N2O3. The number of rotatable bonds is 8. The van der Waals surface area contributed by atoms with E-state index in [1.807, 2.05) is 23.1 Å². The number of ether oxygens (including phenoxy) is 1. The molecule has 3 rings (SSSR count). The van der Waals surface area contributed by atoms with E-state index in [1.165, 1.54) is 5.56 Å². The zero-order chi connectivity index (χ0) is 20.5. The van der Waals surface area contributed by atoms with E-state index in [1.54, 1.807) is 31.4 Å². The first-order chi connectivity index (χ1) is 14.2. The Hall–Kier alpha value is -2.92. The van der Waals surface area contributed by atoms with E-state index < -0.39 is 0 Å². The lowest BCUT2D eigenvalue weighted by Gasteiger charge is -2.34. The lowest BCUT2D eigenvalue weighted by Crippen LogP contribution is -2.48. The van der Waals surface area contributed by atoms with Crippen molar-refractivity contribution in [3.8, 4) is 5.75 Å². The van der Waals surface area contributed by atoms with E-state index in [9.17, 15) is 9.59 Å². The van der Waals surface area contributed by atoms with Gasteiger partial charge >= 0.3 is 0 Å². The van der Waals surface area contributed by atoms with Gasteiger partial charge in [0.15, 0.2) is 5.78 Å². The zero-order valence-corrected chi connectivity index (χ0v) is 16.9. The van der Waals surface area contributed by atoms with E-state index in [0.717, 1.165) is 19.6 Å². The minimum atomic E-state index is -0.0260. The minimum Gasteiger partial charge on any atom is -0.497 e. The van der Waals surface area contributed by atoms with Gasteiger partial charge in [-0.1, -0.05) is 54.6 Å². The molecule has 2 aromatic rings. The molecule has 152 valence electrons. The zero-order valence-electron chi connectivity index (χ0n) is 16.9. The van der Waals surface area contributed by atoms with Gasteiger partial charge in [-0.25, -0.2) is 0 Å². The number of methoxy groups -OCH3 is 1. The summed E-state index contributed by atoms with van der Waals surface area (Å²) in [4.78, 5) is 29.0. The first-order valence-electron chi connectivity index (χ1n) is 10.0. The van der Waals surface area contributed by atoms with Gasteiger partial charge in [-0.2, -0.15) is 0 Å². The Balaban J connectivity index is 1.39. The Bertz CT molecular complexity index is 840. The highest BCUT2D eigenvalue weighted by molar-refractivity contribution is 5.98. The molecule has 1 fully saturated rings. The second-order valence-corrected chi connectivity index (χ2v) is 7.15. The summed E-state index contributed by atoms with van der Waals surface area (Å²) in [6.07, 6.45) is 4.78. The molecule has 0 bridgehead atoms. The predicted octanol–water partition coefficient (Wildman–Crippen LogP) is 3.52. The molecule has 1 aliphatic rings. The smallest absolute Gasteiger partial charge is 0.223 e. The SMILES string of the molecule is COc1cccc(C(=O)CCC(=O)N2CCN(C/C=C/c3ccccc3)CC2)c1. The van der Waals surface area contributed by atoms with Crippen molar-refractivity contribution in [2.75, 3.05) is 39.8 Å². The van der Waals surface area contributed by atoms with Crippen LogP contribution in [0.2, 0.25) is 0 Å². The van der Waals surface area contributed by atoms with E-state index in [0.29, 0.717) is 24.4 Å².